The summed E-state index contributed by atoms with van der Waals surface area (Å²) in [4.78, 5) is 0. The Hall–Kier alpha value is -0.160. The molecule has 0 radical (unpaired) electrons. The minimum absolute atomic E-state index is 0.213. The van der Waals surface area contributed by atoms with Gasteiger partial charge in [0.15, 0.2) is 0 Å². The number of hydrogen-bond acceptors (Lipinski definition) is 4. The first kappa shape index (κ1) is 13.9. The second-order valence-electron chi connectivity index (χ2n) is 4.88. The van der Waals surface area contributed by atoms with Crippen LogP contribution < -0.4 is 10.6 Å². The highest BCUT2D eigenvalue weighted by molar-refractivity contribution is 4.90. The molecule has 0 aromatic rings. The molecule has 1 saturated heterocycles. The summed E-state index contributed by atoms with van der Waals surface area (Å²) in [5, 5.41) is 17.1. The molecule has 1 aliphatic heterocycles. The van der Waals surface area contributed by atoms with Gasteiger partial charge in [-0.05, 0) is 26.3 Å². The first-order valence-corrected chi connectivity index (χ1v) is 6.32. The van der Waals surface area contributed by atoms with E-state index in [4.69, 9.17) is 4.74 Å². The molecule has 1 fully saturated rings. The molecule has 16 heavy (non-hydrogen) atoms. The van der Waals surface area contributed by atoms with E-state index >= 15 is 0 Å². The van der Waals surface area contributed by atoms with Crippen molar-refractivity contribution in [2.45, 2.75) is 44.2 Å². The lowest BCUT2D eigenvalue weighted by molar-refractivity contribution is 0.0172. The highest BCUT2D eigenvalue weighted by Gasteiger charge is 2.31. The van der Waals surface area contributed by atoms with Gasteiger partial charge in [0.1, 0.15) is 0 Å². The predicted molar refractivity (Wildman–Crippen MR) is 65.6 cm³/mol. The van der Waals surface area contributed by atoms with Crippen LogP contribution in [0.15, 0.2) is 0 Å². The Kier molecular flexibility index (Phi) is 6.28. The summed E-state index contributed by atoms with van der Waals surface area (Å²) >= 11 is 0. The third-order valence-corrected chi connectivity index (χ3v) is 3.28. The summed E-state index contributed by atoms with van der Waals surface area (Å²) in [5.74, 6) is 0. The molecule has 4 heteroatoms. The number of hydrogen-bond donors (Lipinski definition) is 3. The Morgan fingerprint density at radius 3 is 3.00 bits per heavy atom. The maximum absolute atomic E-state index is 10.4. The number of aliphatic hydroxyl groups is 1. The molecular weight excluding hydrogens is 204 g/mol. The fourth-order valence-corrected chi connectivity index (χ4v) is 2.20. The van der Waals surface area contributed by atoms with Crippen LogP contribution in [0.4, 0.5) is 0 Å². The Morgan fingerprint density at radius 1 is 1.44 bits per heavy atom. The van der Waals surface area contributed by atoms with E-state index in [2.05, 4.69) is 10.6 Å². The van der Waals surface area contributed by atoms with E-state index in [0.717, 1.165) is 19.5 Å². The largest absolute Gasteiger partial charge is 0.387 e. The van der Waals surface area contributed by atoms with Crippen molar-refractivity contribution in [3.8, 4) is 0 Å². The number of methoxy groups -OCH3 is 1. The van der Waals surface area contributed by atoms with Crippen molar-refractivity contribution >= 4 is 0 Å². The van der Waals surface area contributed by atoms with Crippen LogP contribution in [-0.4, -0.2) is 50.1 Å². The zero-order valence-corrected chi connectivity index (χ0v) is 10.6. The minimum Gasteiger partial charge on any atom is -0.387 e. The Bertz CT molecular complexity index is 178. The maximum atomic E-state index is 10.4. The molecule has 96 valence electrons. The van der Waals surface area contributed by atoms with Gasteiger partial charge in [0.25, 0.3) is 0 Å². The van der Waals surface area contributed by atoms with Gasteiger partial charge >= 0.3 is 0 Å². The normalized spacial score (nSPS) is 26.1. The van der Waals surface area contributed by atoms with Gasteiger partial charge < -0.3 is 20.5 Å². The standard InChI is InChI=1S/C12H26N2O2/c1-12(15,10-13-8-9-16-2)11-6-4-3-5-7-14-11/h11,13-15H,3-10H2,1-2H3. The van der Waals surface area contributed by atoms with Gasteiger partial charge in [0.2, 0.25) is 0 Å². The third-order valence-electron chi connectivity index (χ3n) is 3.28. The van der Waals surface area contributed by atoms with Crippen molar-refractivity contribution < 1.29 is 9.84 Å². The first-order valence-electron chi connectivity index (χ1n) is 6.32. The molecule has 2 unspecified atom stereocenters. The fraction of sp³-hybridized carbons (Fsp3) is 1.00. The maximum Gasteiger partial charge on any atom is 0.0895 e. The van der Waals surface area contributed by atoms with Crippen molar-refractivity contribution in [3.63, 3.8) is 0 Å². The molecule has 3 N–H and O–H groups in total. The van der Waals surface area contributed by atoms with E-state index in [1.807, 2.05) is 6.92 Å². The SMILES string of the molecule is COCCNCC(C)(O)C1CCCCCN1. The molecule has 1 rings (SSSR count). The average molecular weight is 230 g/mol. The highest BCUT2D eigenvalue weighted by atomic mass is 16.5. The second kappa shape index (κ2) is 7.22. The van der Waals surface area contributed by atoms with Crippen molar-refractivity contribution in [1.29, 1.82) is 0 Å². The lowest BCUT2D eigenvalue weighted by Gasteiger charge is -2.33. The molecule has 0 aliphatic carbocycles. The first-order chi connectivity index (χ1) is 7.67. The summed E-state index contributed by atoms with van der Waals surface area (Å²) in [7, 11) is 1.69. The molecular formula is C12H26N2O2. The quantitative estimate of drug-likeness (QED) is 0.582. The molecule has 4 nitrogen and oxygen atoms in total. The molecule has 0 saturated carbocycles. The van der Waals surface area contributed by atoms with Gasteiger partial charge in [-0.15, -0.1) is 0 Å². The van der Waals surface area contributed by atoms with Crippen LogP contribution >= 0.6 is 0 Å². The van der Waals surface area contributed by atoms with Crippen LogP contribution in [-0.2, 0) is 4.74 Å². The highest BCUT2D eigenvalue weighted by Crippen LogP contribution is 2.18. The van der Waals surface area contributed by atoms with Crippen molar-refractivity contribution in [2.24, 2.45) is 0 Å². The van der Waals surface area contributed by atoms with E-state index in [1.165, 1.54) is 19.3 Å². The van der Waals surface area contributed by atoms with Gasteiger partial charge in [0, 0.05) is 26.2 Å². The van der Waals surface area contributed by atoms with Crippen LogP contribution in [0.25, 0.3) is 0 Å². The van der Waals surface area contributed by atoms with E-state index in [-0.39, 0.29) is 6.04 Å². The van der Waals surface area contributed by atoms with Gasteiger partial charge in [0.05, 0.1) is 12.2 Å². The molecule has 0 aromatic heterocycles. The number of ether oxygens (including phenoxy) is 1. The molecule has 0 bridgehead atoms. The van der Waals surface area contributed by atoms with Crippen LogP contribution in [0.5, 0.6) is 0 Å². The zero-order valence-electron chi connectivity index (χ0n) is 10.6. The number of nitrogens with one attached hydrogen (secondary N) is 2. The summed E-state index contributed by atoms with van der Waals surface area (Å²) < 4.78 is 4.96. The molecule has 0 spiro atoms. The summed E-state index contributed by atoms with van der Waals surface area (Å²) in [6.45, 7) is 5.04. The zero-order chi connectivity index (χ0) is 11.9. The monoisotopic (exact) mass is 230 g/mol. The van der Waals surface area contributed by atoms with Gasteiger partial charge in [-0.1, -0.05) is 12.8 Å². The Balaban J connectivity index is 2.29. The molecule has 0 amide bonds. The summed E-state index contributed by atoms with van der Waals surface area (Å²) in [5.41, 5.74) is -0.669. The number of rotatable bonds is 6. The van der Waals surface area contributed by atoms with Crippen LogP contribution in [0.3, 0.4) is 0 Å². The van der Waals surface area contributed by atoms with Gasteiger partial charge in [-0.25, -0.2) is 0 Å². The van der Waals surface area contributed by atoms with Crippen LogP contribution in [0.1, 0.15) is 32.6 Å². The molecule has 1 heterocycles. The summed E-state index contributed by atoms with van der Waals surface area (Å²) in [6, 6.07) is 0.213. The van der Waals surface area contributed by atoms with Crippen molar-refractivity contribution in [1.82, 2.24) is 10.6 Å². The predicted octanol–water partition coefficient (Wildman–Crippen LogP) is 0.506. The van der Waals surface area contributed by atoms with Crippen molar-refractivity contribution in [2.75, 3.05) is 33.4 Å². The summed E-state index contributed by atoms with van der Waals surface area (Å²) in [6.07, 6.45) is 4.78. The van der Waals surface area contributed by atoms with Crippen molar-refractivity contribution in [3.05, 3.63) is 0 Å². The minimum atomic E-state index is -0.669. The molecule has 1 aliphatic rings. The Morgan fingerprint density at radius 2 is 2.25 bits per heavy atom. The lowest BCUT2D eigenvalue weighted by atomic mass is 9.92. The van der Waals surface area contributed by atoms with Gasteiger partial charge in [-0.2, -0.15) is 0 Å². The topological polar surface area (TPSA) is 53.5 Å². The Labute approximate surface area is 98.8 Å². The van der Waals surface area contributed by atoms with Crippen LogP contribution in [0, 0.1) is 0 Å². The van der Waals surface area contributed by atoms with Gasteiger partial charge in [-0.3, -0.25) is 0 Å². The second-order valence-corrected chi connectivity index (χ2v) is 4.88. The molecule has 2 atom stereocenters. The van der Waals surface area contributed by atoms with E-state index < -0.39 is 5.60 Å². The lowest BCUT2D eigenvalue weighted by Crippen LogP contribution is -2.54. The molecule has 0 aromatic carbocycles. The average Bonchev–Trinajstić information content (AvgIpc) is 2.53. The van der Waals surface area contributed by atoms with E-state index in [9.17, 15) is 5.11 Å². The third kappa shape index (κ3) is 4.78. The van der Waals surface area contributed by atoms with Crippen LogP contribution in [0.2, 0.25) is 0 Å². The fourth-order valence-electron chi connectivity index (χ4n) is 2.20. The van der Waals surface area contributed by atoms with E-state index in [0.29, 0.717) is 13.2 Å². The smallest absolute Gasteiger partial charge is 0.0895 e. The van der Waals surface area contributed by atoms with E-state index in [1.54, 1.807) is 7.11 Å².